The van der Waals surface area contributed by atoms with Gasteiger partial charge in [-0.15, -0.1) is 0 Å². The SMILES string of the molecule is CCOC(=O)c1cc(Nc2c(C(=O)OCC)cnc3ccc(OCC)nc23)ccc1O. The summed E-state index contributed by atoms with van der Waals surface area (Å²) in [6.07, 6.45) is 1.40. The minimum Gasteiger partial charge on any atom is -0.507 e. The van der Waals surface area contributed by atoms with Crippen molar-refractivity contribution in [3.05, 3.63) is 47.7 Å². The molecule has 2 aromatic heterocycles. The number of aromatic hydroxyl groups is 1. The number of ether oxygens (including phenoxy) is 3. The van der Waals surface area contributed by atoms with E-state index in [-0.39, 0.29) is 30.1 Å². The number of phenols is 1. The molecule has 0 bridgehead atoms. The van der Waals surface area contributed by atoms with Crippen molar-refractivity contribution in [1.82, 2.24) is 9.97 Å². The zero-order valence-corrected chi connectivity index (χ0v) is 17.5. The highest BCUT2D eigenvalue weighted by Gasteiger charge is 2.20. The lowest BCUT2D eigenvalue weighted by Gasteiger charge is -2.15. The van der Waals surface area contributed by atoms with Gasteiger partial charge in [0, 0.05) is 18.0 Å². The van der Waals surface area contributed by atoms with Crippen LogP contribution in [-0.4, -0.2) is 46.8 Å². The zero-order chi connectivity index (χ0) is 22.4. The van der Waals surface area contributed by atoms with Gasteiger partial charge in [-0.1, -0.05) is 0 Å². The molecule has 2 heterocycles. The second-order valence-corrected chi connectivity index (χ2v) is 6.29. The number of phenolic OH excluding ortho intramolecular Hbond substituents is 1. The van der Waals surface area contributed by atoms with E-state index in [1.165, 1.54) is 18.3 Å². The molecule has 0 saturated carbocycles. The van der Waals surface area contributed by atoms with Gasteiger partial charge < -0.3 is 24.6 Å². The summed E-state index contributed by atoms with van der Waals surface area (Å²) < 4.78 is 15.6. The van der Waals surface area contributed by atoms with E-state index in [0.29, 0.717) is 34.9 Å². The molecule has 3 aromatic rings. The lowest BCUT2D eigenvalue weighted by molar-refractivity contribution is 0.0515. The quantitative estimate of drug-likeness (QED) is 0.410. The van der Waals surface area contributed by atoms with Gasteiger partial charge in [-0.05, 0) is 45.0 Å². The van der Waals surface area contributed by atoms with Crippen molar-refractivity contribution in [2.45, 2.75) is 20.8 Å². The minimum atomic E-state index is -0.661. The molecule has 0 amide bonds. The summed E-state index contributed by atoms with van der Waals surface area (Å²) in [7, 11) is 0. The molecular weight excluding hydrogens is 402 g/mol. The number of aromatic nitrogens is 2. The van der Waals surface area contributed by atoms with Crippen molar-refractivity contribution >= 4 is 34.3 Å². The van der Waals surface area contributed by atoms with E-state index in [2.05, 4.69) is 15.3 Å². The Hall–Kier alpha value is -3.88. The van der Waals surface area contributed by atoms with E-state index in [4.69, 9.17) is 14.2 Å². The fraction of sp³-hybridized carbons (Fsp3) is 0.273. The van der Waals surface area contributed by atoms with E-state index in [1.54, 1.807) is 32.0 Å². The normalized spacial score (nSPS) is 10.5. The molecule has 0 saturated heterocycles. The average molecular weight is 425 g/mol. The number of fused-ring (bicyclic) bond motifs is 1. The molecule has 3 rings (SSSR count). The van der Waals surface area contributed by atoms with Gasteiger partial charge in [0.15, 0.2) is 0 Å². The van der Waals surface area contributed by atoms with Crippen LogP contribution in [0, 0.1) is 0 Å². The second kappa shape index (κ2) is 9.75. The molecule has 0 spiro atoms. The first-order valence-corrected chi connectivity index (χ1v) is 9.85. The number of hydrogen-bond acceptors (Lipinski definition) is 9. The van der Waals surface area contributed by atoms with Crippen molar-refractivity contribution in [2.75, 3.05) is 25.1 Å². The predicted octanol–water partition coefficient (Wildman–Crippen LogP) is 3.83. The third kappa shape index (κ3) is 4.82. The molecule has 9 nitrogen and oxygen atoms in total. The summed E-state index contributed by atoms with van der Waals surface area (Å²) in [5.41, 5.74) is 1.85. The highest BCUT2D eigenvalue weighted by atomic mass is 16.5. The Morgan fingerprint density at radius 3 is 2.35 bits per heavy atom. The average Bonchev–Trinajstić information content (AvgIpc) is 2.75. The molecule has 0 radical (unpaired) electrons. The maximum atomic E-state index is 12.5. The van der Waals surface area contributed by atoms with Crippen LogP contribution in [0.1, 0.15) is 41.5 Å². The zero-order valence-electron chi connectivity index (χ0n) is 17.5. The summed E-state index contributed by atoms with van der Waals surface area (Å²) >= 11 is 0. The summed E-state index contributed by atoms with van der Waals surface area (Å²) in [5.74, 6) is -1.08. The number of hydrogen-bond donors (Lipinski definition) is 2. The molecule has 162 valence electrons. The molecule has 0 unspecified atom stereocenters. The molecule has 0 aliphatic heterocycles. The third-order valence-corrected chi connectivity index (χ3v) is 4.24. The predicted molar refractivity (Wildman–Crippen MR) is 114 cm³/mol. The summed E-state index contributed by atoms with van der Waals surface area (Å²) in [5, 5.41) is 13.1. The molecule has 31 heavy (non-hydrogen) atoms. The Morgan fingerprint density at radius 2 is 1.68 bits per heavy atom. The first kappa shape index (κ1) is 21.8. The Bertz CT molecular complexity index is 1120. The number of rotatable bonds is 8. The first-order valence-electron chi connectivity index (χ1n) is 9.85. The summed E-state index contributed by atoms with van der Waals surface area (Å²) in [6.45, 7) is 6.00. The van der Waals surface area contributed by atoms with Crippen LogP contribution in [-0.2, 0) is 9.47 Å². The molecule has 1 aromatic carbocycles. The van der Waals surface area contributed by atoms with Gasteiger partial charge in [0.25, 0.3) is 0 Å². The number of pyridine rings is 2. The highest BCUT2D eigenvalue weighted by Crippen LogP contribution is 2.31. The van der Waals surface area contributed by atoms with Gasteiger partial charge in [0.05, 0.1) is 31.0 Å². The third-order valence-electron chi connectivity index (χ3n) is 4.24. The summed E-state index contributed by atoms with van der Waals surface area (Å²) in [4.78, 5) is 33.5. The van der Waals surface area contributed by atoms with Crippen LogP contribution >= 0.6 is 0 Å². The number of esters is 2. The van der Waals surface area contributed by atoms with Crippen LogP contribution in [0.3, 0.4) is 0 Å². The maximum absolute atomic E-state index is 12.5. The number of nitrogens with zero attached hydrogens (tertiary/aromatic N) is 2. The van der Waals surface area contributed by atoms with Gasteiger partial charge in [-0.3, -0.25) is 4.98 Å². The lowest BCUT2D eigenvalue weighted by Crippen LogP contribution is -2.10. The molecule has 0 aliphatic carbocycles. The Labute approximate surface area is 179 Å². The van der Waals surface area contributed by atoms with Crippen LogP contribution in [0.2, 0.25) is 0 Å². The van der Waals surface area contributed by atoms with Crippen molar-refractivity contribution < 1.29 is 28.9 Å². The van der Waals surface area contributed by atoms with Crippen LogP contribution in [0.15, 0.2) is 36.5 Å². The fourth-order valence-corrected chi connectivity index (χ4v) is 2.90. The molecule has 0 fully saturated rings. The van der Waals surface area contributed by atoms with E-state index in [0.717, 1.165) is 0 Å². The van der Waals surface area contributed by atoms with Crippen molar-refractivity contribution in [2.24, 2.45) is 0 Å². The molecule has 0 aliphatic rings. The number of carbonyl (C=O) groups is 2. The van der Waals surface area contributed by atoms with E-state index >= 15 is 0 Å². The molecule has 9 heteroatoms. The van der Waals surface area contributed by atoms with Gasteiger partial charge in [0.2, 0.25) is 5.88 Å². The number of benzene rings is 1. The van der Waals surface area contributed by atoms with Crippen LogP contribution in [0.5, 0.6) is 11.6 Å². The van der Waals surface area contributed by atoms with Crippen LogP contribution in [0.4, 0.5) is 11.4 Å². The molecular formula is C22H23N3O6. The van der Waals surface area contributed by atoms with Gasteiger partial charge >= 0.3 is 11.9 Å². The van der Waals surface area contributed by atoms with Gasteiger partial charge in [-0.2, -0.15) is 0 Å². The Balaban J connectivity index is 2.13. The lowest BCUT2D eigenvalue weighted by atomic mass is 10.1. The number of anilines is 2. The number of nitrogens with one attached hydrogen (secondary N) is 1. The van der Waals surface area contributed by atoms with Gasteiger partial charge in [0.1, 0.15) is 22.4 Å². The fourth-order valence-electron chi connectivity index (χ4n) is 2.90. The first-order chi connectivity index (χ1) is 15.0. The molecule has 0 atom stereocenters. The van der Waals surface area contributed by atoms with Crippen molar-refractivity contribution in [3.63, 3.8) is 0 Å². The number of carbonyl (C=O) groups excluding carboxylic acids is 2. The van der Waals surface area contributed by atoms with E-state index < -0.39 is 11.9 Å². The Kier molecular flexibility index (Phi) is 6.86. The standard InChI is InChI=1S/C22H23N3O6/c1-4-29-18-10-8-16-20(25-18)19(15(12-23-16)22(28)31-6-3)24-13-7-9-17(26)14(11-13)21(27)30-5-2/h7-12,26H,4-6H2,1-3H3,(H,23,24). The summed E-state index contributed by atoms with van der Waals surface area (Å²) in [6, 6.07) is 7.77. The van der Waals surface area contributed by atoms with Crippen molar-refractivity contribution in [3.8, 4) is 11.6 Å². The topological polar surface area (TPSA) is 120 Å². The van der Waals surface area contributed by atoms with Crippen LogP contribution < -0.4 is 10.1 Å². The largest absolute Gasteiger partial charge is 0.507 e. The van der Waals surface area contributed by atoms with E-state index in [9.17, 15) is 14.7 Å². The highest BCUT2D eigenvalue weighted by molar-refractivity contribution is 6.05. The molecule has 2 N–H and O–H groups in total. The Morgan fingerprint density at radius 1 is 0.968 bits per heavy atom. The van der Waals surface area contributed by atoms with Crippen LogP contribution in [0.25, 0.3) is 11.0 Å². The minimum absolute atomic E-state index is 0.00846. The van der Waals surface area contributed by atoms with Gasteiger partial charge in [-0.25, -0.2) is 14.6 Å². The van der Waals surface area contributed by atoms with Crippen molar-refractivity contribution in [1.29, 1.82) is 0 Å². The van der Waals surface area contributed by atoms with E-state index in [1.807, 2.05) is 6.92 Å². The smallest absolute Gasteiger partial charge is 0.341 e. The second-order valence-electron chi connectivity index (χ2n) is 6.29. The monoisotopic (exact) mass is 425 g/mol. The maximum Gasteiger partial charge on any atom is 0.341 e.